The van der Waals surface area contributed by atoms with Gasteiger partial charge in [-0.05, 0) is 50.5 Å². The molecule has 3 fully saturated rings. The number of hydrogen-bond donors (Lipinski definition) is 1. The van der Waals surface area contributed by atoms with E-state index >= 15 is 0 Å². The van der Waals surface area contributed by atoms with Gasteiger partial charge in [0.2, 0.25) is 0 Å². The predicted octanol–water partition coefficient (Wildman–Crippen LogP) is 2.70. The van der Waals surface area contributed by atoms with Crippen molar-refractivity contribution in [2.24, 2.45) is 17.6 Å². The van der Waals surface area contributed by atoms with Gasteiger partial charge in [0.25, 0.3) is 0 Å². The summed E-state index contributed by atoms with van der Waals surface area (Å²) in [6.45, 7) is 8.82. The van der Waals surface area contributed by atoms with E-state index < -0.39 is 0 Å². The van der Waals surface area contributed by atoms with E-state index in [1.807, 2.05) is 0 Å². The molecule has 122 valence electrons. The summed E-state index contributed by atoms with van der Waals surface area (Å²) < 4.78 is 0. The topological polar surface area (TPSA) is 32.5 Å². The van der Waals surface area contributed by atoms with Crippen LogP contribution >= 0.6 is 0 Å². The van der Waals surface area contributed by atoms with Crippen molar-refractivity contribution < 1.29 is 0 Å². The second-order valence-corrected chi connectivity index (χ2v) is 7.84. The van der Waals surface area contributed by atoms with Gasteiger partial charge in [-0.25, -0.2) is 0 Å². The Morgan fingerprint density at radius 1 is 1.05 bits per heavy atom. The SMILES string of the molecule is CCCC1CCC(N)C(CN2CCN3CCCCC3C2)C1. The van der Waals surface area contributed by atoms with Crippen LogP contribution in [0.1, 0.15) is 58.3 Å². The van der Waals surface area contributed by atoms with Crippen molar-refractivity contribution in [3.05, 3.63) is 0 Å². The average molecular weight is 293 g/mol. The van der Waals surface area contributed by atoms with Crippen molar-refractivity contribution in [3.63, 3.8) is 0 Å². The van der Waals surface area contributed by atoms with Gasteiger partial charge in [0.05, 0.1) is 0 Å². The lowest BCUT2D eigenvalue weighted by Gasteiger charge is -2.46. The molecule has 4 atom stereocenters. The molecule has 2 heterocycles. The molecule has 3 rings (SSSR count). The summed E-state index contributed by atoms with van der Waals surface area (Å²) in [6, 6.07) is 1.31. The van der Waals surface area contributed by atoms with Crippen molar-refractivity contribution in [3.8, 4) is 0 Å². The standard InChI is InChI=1S/C18H35N3/c1-2-5-15-7-8-18(19)16(12-15)13-20-10-11-21-9-4-3-6-17(21)14-20/h15-18H,2-14,19H2,1H3. The van der Waals surface area contributed by atoms with E-state index in [9.17, 15) is 0 Å². The van der Waals surface area contributed by atoms with E-state index in [4.69, 9.17) is 5.73 Å². The Morgan fingerprint density at radius 2 is 1.95 bits per heavy atom. The summed E-state index contributed by atoms with van der Waals surface area (Å²) in [4.78, 5) is 5.48. The summed E-state index contributed by atoms with van der Waals surface area (Å²) >= 11 is 0. The number of nitrogens with two attached hydrogens (primary N) is 1. The van der Waals surface area contributed by atoms with Gasteiger partial charge in [-0.2, -0.15) is 0 Å². The van der Waals surface area contributed by atoms with Crippen LogP contribution in [0.4, 0.5) is 0 Å². The summed E-state index contributed by atoms with van der Waals surface area (Å²) in [5.74, 6) is 1.71. The van der Waals surface area contributed by atoms with Crippen LogP contribution in [0, 0.1) is 11.8 Å². The van der Waals surface area contributed by atoms with Gasteiger partial charge in [-0.1, -0.05) is 26.2 Å². The van der Waals surface area contributed by atoms with E-state index in [-0.39, 0.29) is 0 Å². The minimum atomic E-state index is 0.461. The summed E-state index contributed by atoms with van der Waals surface area (Å²) in [5, 5.41) is 0. The molecule has 0 aromatic carbocycles. The molecule has 21 heavy (non-hydrogen) atoms. The second kappa shape index (κ2) is 7.43. The van der Waals surface area contributed by atoms with Crippen molar-refractivity contribution in [2.75, 3.05) is 32.7 Å². The van der Waals surface area contributed by atoms with Crippen LogP contribution in [-0.2, 0) is 0 Å². The molecule has 1 saturated carbocycles. The van der Waals surface area contributed by atoms with E-state index in [1.54, 1.807) is 0 Å². The van der Waals surface area contributed by atoms with E-state index in [0.29, 0.717) is 6.04 Å². The normalized spacial score (nSPS) is 39.1. The van der Waals surface area contributed by atoms with Gasteiger partial charge in [0, 0.05) is 38.3 Å². The first-order valence-electron chi connectivity index (χ1n) is 9.48. The molecule has 0 spiro atoms. The third-order valence-corrected chi connectivity index (χ3v) is 6.26. The molecule has 0 amide bonds. The van der Waals surface area contributed by atoms with Crippen LogP contribution in [-0.4, -0.2) is 54.6 Å². The van der Waals surface area contributed by atoms with Crippen molar-refractivity contribution in [1.29, 1.82) is 0 Å². The van der Waals surface area contributed by atoms with E-state index in [0.717, 1.165) is 17.9 Å². The number of nitrogens with zero attached hydrogens (tertiary/aromatic N) is 2. The maximum absolute atomic E-state index is 6.45. The maximum atomic E-state index is 6.45. The monoisotopic (exact) mass is 293 g/mol. The van der Waals surface area contributed by atoms with Crippen LogP contribution in [0.15, 0.2) is 0 Å². The Balaban J connectivity index is 1.50. The molecule has 2 saturated heterocycles. The van der Waals surface area contributed by atoms with Crippen LogP contribution in [0.2, 0.25) is 0 Å². The predicted molar refractivity (Wildman–Crippen MR) is 89.4 cm³/mol. The molecule has 1 aliphatic carbocycles. The molecular formula is C18H35N3. The van der Waals surface area contributed by atoms with Gasteiger partial charge < -0.3 is 10.6 Å². The van der Waals surface area contributed by atoms with Crippen LogP contribution in [0.5, 0.6) is 0 Å². The minimum Gasteiger partial charge on any atom is -0.327 e. The van der Waals surface area contributed by atoms with E-state index in [2.05, 4.69) is 16.7 Å². The second-order valence-electron chi connectivity index (χ2n) is 7.84. The molecule has 0 bridgehead atoms. The largest absolute Gasteiger partial charge is 0.327 e. The zero-order valence-electron chi connectivity index (χ0n) is 14.0. The van der Waals surface area contributed by atoms with Gasteiger partial charge in [-0.3, -0.25) is 4.90 Å². The Labute approximate surface area is 131 Å². The van der Waals surface area contributed by atoms with Crippen molar-refractivity contribution >= 4 is 0 Å². The highest BCUT2D eigenvalue weighted by Crippen LogP contribution is 2.32. The molecule has 3 heteroatoms. The fourth-order valence-corrected chi connectivity index (χ4v) is 4.98. The zero-order valence-corrected chi connectivity index (χ0v) is 14.0. The average Bonchev–Trinajstić information content (AvgIpc) is 2.51. The first kappa shape index (κ1) is 15.8. The van der Waals surface area contributed by atoms with Gasteiger partial charge in [0.15, 0.2) is 0 Å². The highest BCUT2D eigenvalue weighted by molar-refractivity contribution is 4.89. The number of piperazine rings is 1. The molecule has 2 aliphatic heterocycles. The maximum Gasteiger partial charge on any atom is 0.0223 e. The summed E-state index contributed by atoms with van der Waals surface area (Å²) in [5.41, 5.74) is 6.45. The highest BCUT2D eigenvalue weighted by atomic mass is 15.3. The van der Waals surface area contributed by atoms with Crippen LogP contribution in [0.25, 0.3) is 0 Å². The van der Waals surface area contributed by atoms with Crippen LogP contribution < -0.4 is 5.73 Å². The zero-order chi connectivity index (χ0) is 14.7. The van der Waals surface area contributed by atoms with Gasteiger partial charge in [0.1, 0.15) is 0 Å². The lowest BCUT2D eigenvalue weighted by molar-refractivity contribution is 0.0332. The molecule has 2 N–H and O–H groups in total. The van der Waals surface area contributed by atoms with Gasteiger partial charge in [-0.15, -0.1) is 0 Å². The van der Waals surface area contributed by atoms with Crippen molar-refractivity contribution in [2.45, 2.75) is 70.4 Å². The quantitative estimate of drug-likeness (QED) is 0.865. The Hall–Kier alpha value is -0.120. The number of hydrogen-bond acceptors (Lipinski definition) is 3. The first-order chi connectivity index (χ1) is 10.3. The third-order valence-electron chi connectivity index (χ3n) is 6.26. The van der Waals surface area contributed by atoms with E-state index in [1.165, 1.54) is 84.1 Å². The third kappa shape index (κ3) is 4.00. The lowest BCUT2D eigenvalue weighted by atomic mass is 9.76. The molecule has 4 unspecified atom stereocenters. The molecule has 0 aromatic heterocycles. The van der Waals surface area contributed by atoms with Gasteiger partial charge >= 0.3 is 0 Å². The molecular weight excluding hydrogens is 258 g/mol. The lowest BCUT2D eigenvalue weighted by Crippen LogP contribution is -2.56. The summed E-state index contributed by atoms with van der Waals surface area (Å²) in [6.07, 6.45) is 11.1. The number of rotatable bonds is 4. The molecule has 3 aliphatic rings. The Bertz CT molecular complexity index is 320. The van der Waals surface area contributed by atoms with Crippen molar-refractivity contribution in [1.82, 2.24) is 9.80 Å². The smallest absolute Gasteiger partial charge is 0.0223 e. The fourth-order valence-electron chi connectivity index (χ4n) is 4.98. The first-order valence-corrected chi connectivity index (χ1v) is 9.48. The fraction of sp³-hybridized carbons (Fsp3) is 1.00. The Kier molecular flexibility index (Phi) is 5.58. The Morgan fingerprint density at radius 3 is 2.81 bits per heavy atom. The highest BCUT2D eigenvalue weighted by Gasteiger charge is 2.33. The van der Waals surface area contributed by atoms with Crippen LogP contribution in [0.3, 0.4) is 0 Å². The minimum absolute atomic E-state index is 0.461. The summed E-state index contributed by atoms with van der Waals surface area (Å²) in [7, 11) is 0. The molecule has 3 nitrogen and oxygen atoms in total. The molecule has 0 aromatic rings. The molecule has 0 radical (unpaired) electrons. The number of piperidine rings is 1. The number of fused-ring (bicyclic) bond motifs is 1.